The van der Waals surface area contributed by atoms with E-state index in [0.29, 0.717) is 19.6 Å². The predicted octanol–water partition coefficient (Wildman–Crippen LogP) is 3.01. The van der Waals surface area contributed by atoms with Gasteiger partial charge in [0.1, 0.15) is 11.5 Å². The Morgan fingerprint density at radius 1 is 1.33 bits per heavy atom. The largest absolute Gasteiger partial charge is 0.493 e. The third-order valence-electron chi connectivity index (χ3n) is 2.91. The van der Waals surface area contributed by atoms with Crippen molar-refractivity contribution in [2.45, 2.75) is 26.7 Å². The normalized spacial score (nSPS) is 12.2. The van der Waals surface area contributed by atoms with Crippen LogP contribution >= 0.6 is 0 Å². The highest BCUT2D eigenvalue weighted by atomic mass is 16.5. The van der Waals surface area contributed by atoms with Crippen molar-refractivity contribution < 1.29 is 14.3 Å². The van der Waals surface area contributed by atoms with Gasteiger partial charge in [-0.15, -0.1) is 0 Å². The summed E-state index contributed by atoms with van der Waals surface area (Å²) in [5.41, 5.74) is 1.16. The standard InChI is InChI=1S/C15H22O3/c1-12-5-4-6-14(11-12)18-10-8-15(16)13(2)7-9-17-3/h4-6,11,13H,7-10H2,1-3H3. The Bertz CT molecular complexity index is 374. The van der Waals surface area contributed by atoms with Crippen molar-refractivity contribution in [1.82, 2.24) is 0 Å². The van der Waals surface area contributed by atoms with Crippen molar-refractivity contribution in [3.8, 4) is 5.75 Å². The Morgan fingerprint density at radius 2 is 2.11 bits per heavy atom. The second-order valence-electron chi connectivity index (χ2n) is 4.56. The van der Waals surface area contributed by atoms with Crippen molar-refractivity contribution in [3.63, 3.8) is 0 Å². The highest BCUT2D eigenvalue weighted by Crippen LogP contribution is 2.13. The highest BCUT2D eigenvalue weighted by Gasteiger charge is 2.12. The van der Waals surface area contributed by atoms with Crippen LogP contribution in [0.4, 0.5) is 0 Å². The van der Waals surface area contributed by atoms with Crippen LogP contribution in [0.25, 0.3) is 0 Å². The number of carbonyl (C=O) groups excluding carboxylic acids is 1. The second-order valence-corrected chi connectivity index (χ2v) is 4.56. The Kier molecular flexibility index (Phi) is 6.44. The number of carbonyl (C=O) groups is 1. The molecular formula is C15H22O3. The van der Waals surface area contributed by atoms with E-state index in [1.54, 1.807) is 7.11 Å². The van der Waals surface area contributed by atoms with Crippen LogP contribution in [0.3, 0.4) is 0 Å². The zero-order chi connectivity index (χ0) is 13.4. The maximum absolute atomic E-state index is 11.8. The number of hydrogen-bond acceptors (Lipinski definition) is 3. The van der Waals surface area contributed by atoms with Gasteiger partial charge in [0.2, 0.25) is 0 Å². The highest BCUT2D eigenvalue weighted by molar-refractivity contribution is 5.80. The lowest BCUT2D eigenvalue weighted by Gasteiger charge is -2.10. The lowest BCUT2D eigenvalue weighted by atomic mass is 10.0. The number of hydrogen-bond donors (Lipinski definition) is 0. The molecule has 1 aromatic carbocycles. The number of rotatable bonds is 8. The monoisotopic (exact) mass is 250 g/mol. The van der Waals surface area contributed by atoms with E-state index in [9.17, 15) is 4.79 Å². The van der Waals surface area contributed by atoms with Gasteiger partial charge in [0, 0.05) is 26.1 Å². The quantitative estimate of drug-likeness (QED) is 0.711. The number of benzene rings is 1. The fourth-order valence-corrected chi connectivity index (χ4v) is 1.68. The molecule has 0 heterocycles. The molecule has 0 radical (unpaired) electrons. The van der Waals surface area contributed by atoms with E-state index >= 15 is 0 Å². The molecule has 0 N–H and O–H groups in total. The minimum absolute atomic E-state index is 0.0473. The average Bonchev–Trinajstić information content (AvgIpc) is 2.35. The summed E-state index contributed by atoms with van der Waals surface area (Å²) >= 11 is 0. The number of methoxy groups -OCH3 is 1. The van der Waals surface area contributed by atoms with Crippen LogP contribution in [0.2, 0.25) is 0 Å². The summed E-state index contributed by atoms with van der Waals surface area (Å²) in [6, 6.07) is 7.85. The van der Waals surface area contributed by atoms with Gasteiger partial charge in [0.15, 0.2) is 0 Å². The first kappa shape index (κ1) is 14.7. The number of ketones is 1. The van der Waals surface area contributed by atoms with Crippen LogP contribution in [0.1, 0.15) is 25.3 Å². The summed E-state index contributed by atoms with van der Waals surface area (Å²) in [7, 11) is 1.65. The summed E-state index contributed by atoms with van der Waals surface area (Å²) in [6.45, 7) is 5.03. The molecule has 0 aliphatic heterocycles. The third kappa shape index (κ3) is 5.32. The van der Waals surface area contributed by atoms with Gasteiger partial charge >= 0.3 is 0 Å². The molecular weight excluding hydrogens is 228 g/mol. The molecule has 0 aliphatic rings. The smallest absolute Gasteiger partial charge is 0.139 e. The molecule has 0 aromatic heterocycles. The third-order valence-corrected chi connectivity index (χ3v) is 2.91. The SMILES string of the molecule is COCCC(C)C(=O)CCOc1cccc(C)c1. The number of Topliss-reactive ketones (excluding diaryl/α,β-unsaturated/α-hetero) is 1. The number of ether oxygens (including phenoxy) is 2. The van der Waals surface area contributed by atoms with Crippen LogP contribution in [0.5, 0.6) is 5.75 Å². The zero-order valence-corrected chi connectivity index (χ0v) is 11.4. The van der Waals surface area contributed by atoms with Crippen LogP contribution in [0.15, 0.2) is 24.3 Å². The van der Waals surface area contributed by atoms with Crippen molar-refractivity contribution >= 4 is 5.78 Å². The second kappa shape index (κ2) is 7.88. The fourth-order valence-electron chi connectivity index (χ4n) is 1.68. The molecule has 1 aromatic rings. The molecule has 0 saturated carbocycles. The molecule has 0 amide bonds. The fraction of sp³-hybridized carbons (Fsp3) is 0.533. The van der Waals surface area contributed by atoms with Gasteiger partial charge in [-0.3, -0.25) is 4.79 Å². The molecule has 18 heavy (non-hydrogen) atoms. The van der Waals surface area contributed by atoms with Gasteiger partial charge in [0.05, 0.1) is 6.61 Å². The Morgan fingerprint density at radius 3 is 2.78 bits per heavy atom. The predicted molar refractivity (Wildman–Crippen MR) is 72.0 cm³/mol. The lowest BCUT2D eigenvalue weighted by Crippen LogP contribution is -2.16. The Labute approximate surface area is 109 Å². The van der Waals surface area contributed by atoms with Crippen molar-refractivity contribution in [2.75, 3.05) is 20.3 Å². The van der Waals surface area contributed by atoms with E-state index in [1.807, 2.05) is 38.1 Å². The Balaban J connectivity index is 2.27. The van der Waals surface area contributed by atoms with Crippen molar-refractivity contribution in [2.24, 2.45) is 5.92 Å². The van der Waals surface area contributed by atoms with E-state index in [1.165, 1.54) is 0 Å². The molecule has 1 unspecified atom stereocenters. The Hall–Kier alpha value is -1.35. The minimum Gasteiger partial charge on any atom is -0.493 e. The maximum atomic E-state index is 11.8. The molecule has 3 heteroatoms. The summed E-state index contributed by atoms with van der Waals surface area (Å²) < 4.78 is 10.5. The van der Waals surface area contributed by atoms with Crippen molar-refractivity contribution in [3.05, 3.63) is 29.8 Å². The lowest BCUT2D eigenvalue weighted by molar-refractivity contribution is -0.123. The minimum atomic E-state index is 0.0473. The topological polar surface area (TPSA) is 35.5 Å². The van der Waals surface area contributed by atoms with Gasteiger partial charge in [-0.05, 0) is 31.0 Å². The van der Waals surface area contributed by atoms with Crippen LogP contribution in [-0.2, 0) is 9.53 Å². The summed E-state index contributed by atoms with van der Waals surface area (Å²) in [6.07, 6.45) is 1.23. The van der Waals surface area contributed by atoms with Gasteiger partial charge < -0.3 is 9.47 Å². The van der Waals surface area contributed by atoms with E-state index in [2.05, 4.69) is 0 Å². The first-order valence-corrected chi connectivity index (χ1v) is 6.34. The molecule has 1 atom stereocenters. The molecule has 0 fully saturated rings. The van der Waals surface area contributed by atoms with Gasteiger partial charge in [-0.1, -0.05) is 19.1 Å². The molecule has 0 saturated heterocycles. The van der Waals surface area contributed by atoms with E-state index in [-0.39, 0.29) is 11.7 Å². The van der Waals surface area contributed by atoms with Gasteiger partial charge in [0.25, 0.3) is 0 Å². The first-order valence-electron chi connectivity index (χ1n) is 6.34. The van der Waals surface area contributed by atoms with Gasteiger partial charge in [-0.25, -0.2) is 0 Å². The molecule has 1 rings (SSSR count). The molecule has 0 spiro atoms. The molecule has 100 valence electrons. The van der Waals surface area contributed by atoms with E-state index in [4.69, 9.17) is 9.47 Å². The molecule has 0 bridgehead atoms. The summed E-state index contributed by atoms with van der Waals surface area (Å²) in [4.78, 5) is 11.8. The van der Waals surface area contributed by atoms with Gasteiger partial charge in [-0.2, -0.15) is 0 Å². The first-order chi connectivity index (χ1) is 8.63. The van der Waals surface area contributed by atoms with Crippen LogP contribution < -0.4 is 4.74 Å². The average molecular weight is 250 g/mol. The molecule has 3 nitrogen and oxygen atoms in total. The number of aryl methyl sites for hydroxylation is 1. The van der Waals surface area contributed by atoms with E-state index in [0.717, 1.165) is 17.7 Å². The zero-order valence-electron chi connectivity index (χ0n) is 11.4. The molecule has 0 aliphatic carbocycles. The van der Waals surface area contributed by atoms with Crippen molar-refractivity contribution in [1.29, 1.82) is 0 Å². The summed E-state index contributed by atoms with van der Waals surface area (Å²) in [5, 5.41) is 0. The summed E-state index contributed by atoms with van der Waals surface area (Å²) in [5.74, 6) is 1.11. The maximum Gasteiger partial charge on any atom is 0.139 e. The van der Waals surface area contributed by atoms with Crippen LogP contribution in [-0.4, -0.2) is 26.1 Å². The van der Waals surface area contributed by atoms with Crippen LogP contribution in [0, 0.1) is 12.8 Å². The van der Waals surface area contributed by atoms with E-state index < -0.39 is 0 Å².